The van der Waals surface area contributed by atoms with Crippen molar-refractivity contribution in [1.82, 2.24) is 15.5 Å². The standard InChI is InChI=1S/C13H13FN4O3S/c1-2-21-13(20)16-12(22)15-10-9(11(19)18-17-10)7-3-5-8(14)6-4-7/h3-6H,2H2,1H3,(H4,15,16,17,18,19,20,22). The van der Waals surface area contributed by atoms with Crippen molar-refractivity contribution in [3.8, 4) is 17.0 Å². The van der Waals surface area contributed by atoms with Crippen molar-refractivity contribution in [3.63, 3.8) is 0 Å². The van der Waals surface area contributed by atoms with E-state index in [0.29, 0.717) is 11.1 Å². The number of amides is 1. The van der Waals surface area contributed by atoms with Crippen LogP contribution in [0.1, 0.15) is 6.92 Å². The molecule has 7 nitrogen and oxygen atoms in total. The summed E-state index contributed by atoms with van der Waals surface area (Å²) in [4.78, 5) is 11.3. The molecule has 0 bridgehead atoms. The molecule has 2 aromatic rings. The molecule has 4 N–H and O–H groups in total. The maximum absolute atomic E-state index is 13.0. The highest BCUT2D eigenvalue weighted by Gasteiger charge is 2.16. The van der Waals surface area contributed by atoms with Crippen molar-refractivity contribution < 1.29 is 19.0 Å². The number of rotatable bonds is 3. The summed E-state index contributed by atoms with van der Waals surface area (Å²) in [6, 6.07) is 5.46. The number of benzene rings is 1. The largest absolute Gasteiger partial charge is 0.492 e. The van der Waals surface area contributed by atoms with Gasteiger partial charge in [0.05, 0.1) is 12.2 Å². The Morgan fingerprint density at radius 1 is 1.45 bits per heavy atom. The second kappa shape index (κ2) is 6.85. The summed E-state index contributed by atoms with van der Waals surface area (Å²) in [6.45, 7) is 1.87. The number of aromatic hydroxyl groups is 1. The van der Waals surface area contributed by atoms with Gasteiger partial charge in [0.15, 0.2) is 5.11 Å². The maximum atomic E-state index is 13.0. The number of aromatic nitrogens is 2. The fourth-order valence-corrected chi connectivity index (χ4v) is 1.90. The summed E-state index contributed by atoms with van der Waals surface area (Å²) in [6.07, 6.45) is -0.702. The van der Waals surface area contributed by atoms with E-state index in [2.05, 4.69) is 25.6 Å². The Bertz CT molecular complexity index is 687. The van der Waals surface area contributed by atoms with Crippen molar-refractivity contribution in [2.75, 3.05) is 11.9 Å². The summed E-state index contributed by atoms with van der Waals surface area (Å²) in [5, 5.41) is 20.9. The molecular formula is C13H13FN4O3S. The topological polar surface area (TPSA) is 99.3 Å². The molecule has 0 saturated heterocycles. The second-order valence-electron chi connectivity index (χ2n) is 4.10. The van der Waals surface area contributed by atoms with Gasteiger partial charge in [0, 0.05) is 0 Å². The summed E-state index contributed by atoms with van der Waals surface area (Å²) in [5.41, 5.74) is 0.821. The number of anilines is 1. The van der Waals surface area contributed by atoms with Gasteiger partial charge in [-0.1, -0.05) is 12.1 Å². The normalized spacial score (nSPS) is 10.1. The molecule has 0 atom stereocenters. The van der Waals surface area contributed by atoms with E-state index in [1.807, 2.05) is 0 Å². The third kappa shape index (κ3) is 3.70. The van der Waals surface area contributed by atoms with Crippen molar-refractivity contribution in [3.05, 3.63) is 30.1 Å². The van der Waals surface area contributed by atoms with E-state index < -0.39 is 11.9 Å². The minimum absolute atomic E-state index is 0.0366. The van der Waals surface area contributed by atoms with Gasteiger partial charge in [0.25, 0.3) is 0 Å². The predicted molar refractivity (Wildman–Crippen MR) is 82.0 cm³/mol. The molecule has 116 valence electrons. The lowest BCUT2D eigenvalue weighted by Crippen LogP contribution is -2.34. The highest BCUT2D eigenvalue weighted by atomic mass is 32.1. The van der Waals surface area contributed by atoms with Crippen LogP contribution in [-0.2, 0) is 4.74 Å². The third-order valence-electron chi connectivity index (χ3n) is 2.61. The number of carbonyl (C=O) groups excluding carboxylic acids is 1. The number of hydrogen-bond acceptors (Lipinski definition) is 5. The lowest BCUT2D eigenvalue weighted by atomic mass is 10.1. The molecule has 0 spiro atoms. The average molecular weight is 324 g/mol. The van der Waals surface area contributed by atoms with E-state index in [1.165, 1.54) is 24.3 Å². The molecule has 0 aliphatic carbocycles. The third-order valence-corrected chi connectivity index (χ3v) is 2.81. The van der Waals surface area contributed by atoms with Gasteiger partial charge in [-0.2, -0.15) is 0 Å². The van der Waals surface area contributed by atoms with E-state index in [-0.39, 0.29) is 23.4 Å². The molecule has 0 aliphatic heterocycles. The number of ether oxygens (including phenoxy) is 1. The Balaban J connectivity index is 2.17. The fraction of sp³-hybridized carbons (Fsp3) is 0.154. The number of halogens is 1. The number of alkyl carbamates (subject to hydrolysis) is 1. The number of hydrogen-bond donors (Lipinski definition) is 4. The maximum Gasteiger partial charge on any atom is 0.413 e. The van der Waals surface area contributed by atoms with Gasteiger partial charge in [0.1, 0.15) is 11.6 Å². The highest BCUT2D eigenvalue weighted by molar-refractivity contribution is 7.80. The van der Waals surface area contributed by atoms with Crippen LogP contribution >= 0.6 is 12.2 Å². The SMILES string of the molecule is CCOC(=O)NC(=S)Nc1[nH]nc(O)c1-c1ccc(F)cc1. The van der Waals surface area contributed by atoms with Crippen LogP contribution < -0.4 is 10.6 Å². The zero-order valence-electron chi connectivity index (χ0n) is 11.5. The molecule has 2 rings (SSSR count). The van der Waals surface area contributed by atoms with Crippen LogP contribution in [0.2, 0.25) is 0 Å². The smallest absolute Gasteiger partial charge is 0.413 e. The Morgan fingerprint density at radius 2 is 2.14 bits per heavy atom. The van der Waals surface area contributed by atoms with Crippen LogP contribution in [0.15, 0.2) is 24.3 Å². The number of nitrogens with one attached hydrogen (secondary N) is 3. The zero-order valence-corrected chi connectivity index (χ0v) is 12.3. The van der Waals surface area contributed by atoms with E-state index in [1.54, 1.807) is 6.92 Å². The molecular weight excluding hydrogens is 311 g/mol. The van der Waals surface area contributed by atoms with Crippen LogP contribution in [0, 0.1) is 5.82 Å². The summed E-state index contributed by atoms with van der Waals surface area (Å²) in [7, 11) is 0. The molecule has 22 heavy (non-hydrogen) atoms. The lowest BCUT2D eigenvalue weighted by Gasteiger charge is -2.09. The summed E-state index contributed by atoms with van der Waals surface area (Å²) < 4.78 is 17.7. The first-order chi connectivity index (χ1) is 10.5. The van der Waals surface area contributed by atoms with Gasteiger partial charge in [-0.15, -0.1) is 5.10 Å². The van der Waals surface area contributed by atoms with Crippen molar-refractivity contribution in [2.24, 2.45) is 0 Å². The molecule has 1 aromatic heterocycles. The van der Waals surface area contributed by atoms with Crippen molar-refractivity contribution in [1.29, 1.82) is 0 Å². The molecule has 0 fully saturated rings. The monoisotopic (exact) mass is 324 g/mol. The van der Waals surface area contributed by atoms with Crippen molar-refractivity contribution in [2.45, 2.75) is 6.92 Å². The summed E-state index contributed by atoms with van der Waals surface area (Å²) >= 11 is 4.95. The first-order valence-corrected chi connectivity index (χ1v) is 6.70. The van der Waals surface area contributed by atoms with Crippen LogP contribution in [0.25, 0.3) is 11.1 Å². The number of nitrogens with zero attached hydrogens (tertiary/aromatic N) is 1. The molecule has 1 aromatic carbocycles. The Labute approximate surface area is 130 Å². The first-order valence-electron chi connectivity index (χ1n) is 6.29. The highest BCUT2D eigenvalue weighted by Crippen LogP contribution is 2.33. The van der Waals surface area contributed by atoms with Gasteiger partial charge < -0.3 is 15.2 Å². The van der Waals surface area contributed by atoms with E-state index in [0.717, 1.165) is 0 Å². The van der Waals surface area contributed by atoms with Crippen LogP contribution in [0.5, 0.6) is 5.88 Å². The quantitative estimate of drug-likeness (QED) is 0.647. The number of H-pyrrole nitrogens is 1. The molecule has 9 heteroatoms. The number of carbonyl (C=O) groups is 1. The Hall–Kier alpha value is -2.68. The average Bonchev–Trinajstić information content (AvgIpc) is 2.81. The first kappa shape index (κ1) is 15.7. The minimum atomic E-state index is -0.702. The molecule has 0 unspecified atom stereocenters. The second-order valence-corrected chi connectivity index (χ2v) is 4.51. The lowest BCUT2D eigenvalue weighted by molar-refractivity contribution is 0.158. The van der Waals surface area contributed by atoms with E-state index in [9.17, 15) is 14.3 Å². The molecule has 1 heterocycles. The number of thiocarbonyl (C=S) groups is 1. The van der Waals surface area contributed by atoms with E-state index >= 15 is 0 Å². The predicted octanol–water partition coefficient (Wildman–Crippen LogP) is 2.36. The number of aromatic amines is 1. The van der Waals surface area contributed by atoms with Gasteiger partial charge in [-0.05, 0) is 36.8 Å². The van der Waals surface area contributed by atoms with Gasteiger partial charge >= 0.3 is 6.09 Å². The van der Waals surface area contributed by atoms with Crippen molar-refractivity contribution >= 4 is 29.2 Å². The fourth-order valence-electron chi connectivity index (χ4n) is 1.72. The Morgan fingerprint density at radius 3 is 2.77 bits per heavy atom. The van der Waals surface area contributed by atoms with Gasteiger partial charge in [-0.3, -0.25) is 10.4 Å². The molecule has 1 amide bonds. The molecule has 0 aliphatic rings. The van der Waals surface area contributed by atoms with Gasteiger partial charge in [0.2, 0.25) is 5.88 Å². The molecule has 0 radical (unpaired) electrons. The minimum Gasteiger partial charge on any atom is -0.492 e. The zero-order chi connectivity index (χ0) is 16.1. The van der Waals surface area contributed by atoms with E-state index in [4.69, 9.17) is 12.2 Å². The van der Waals surface area contributed by atoms with Crippen LogP contribution in [0.4, 0.5) is 15.0 Å². The van der Waals surface area contributed by atoms with Gasteiger partial charge in [-0.25, -0.2) is 9.18 Å². The molecule has 0 saturated carbocycles. The van der Waals surface area contributed by atoms with Crippen LogP contribution in [0.3, 0.4) is 0 Å². The summed E-state index contributed by atoms with van der Waals surface area (Å²) in [5.74, 6) is -0.431. The van der Waals surface area contributed by atoms with Crippen LogP contribution in [-0.4, -0.2) is 33.1 Å². The Kier molecular flexibility index (Phi) is 4.89.